The molecule has 1 aliphatic heterocycles. The average Bonchev–Trinajstić information content (AvgIpc) is 2.45. The smallest absolute Gasteiger partial charge is 0.253 e. The molecule has 2 rings (SSSR count). The Morgan fingerprint density at radius 1 is 1.40 bits per heavy atom. The van der Waals surface area contributed by atoms with Gasteiger partial charge in [-0.25, -0.2) is 0 Å². The van der Waals surface area contributed by atoms with Crippen molar-refractivity contribution in [3.05, 3.63) is 34.3 Å². The molecule has 1 saturated heterocycles. The van der Waals surface area contributed by atoms with Gasteiger partial charge in [-0.15, -0.1) is 11.8 Å². The molecule has 0 radical (unpaired) electrons. The van der Waals surface area contributed by atoms with Gasteiger partial charge in [-0.2, -0.15) is 5.26 Å². The monoisotopic (exact) mass is 308 g/mol. The Morgan fingerprint density at radius 2 is 2.05 bits per heavy atom. The van der Waals surface area contributed by atoms with E-state index in [1.54, 1.807) is 17.8 Å². The molecule has 1 aliphatic rings. The van der Waals surface area contributed by atoms with Crippen LogP contribution in [0.5, 0.6) is 0 Å². The lowest BCUT2D eigenvalue weighted by Crippen LogP contribution is -2.44. The van der Waals surface area contributed by atoms with Gasteiger partial charge in [-0.05, 0) is 49.8 Å². The molecule has 0 saturated carbocycles. The highest BCUT2D eigenvalue weighted by Gasteiger charge is 2.35. The van der Waals surface area contributed by atoms with Crippen molar-refractivity contribution < 1.29 is 4.79 Å². The lowest BCUT2D eigenvalue weighted by atomic mass is 9.96. The van der Waals surface area contributed by atoms with Crippen LogP contribution in [-0.2, 0) is 0 Å². The van der Waals surface area contributed by atoms with Crippen molar-refractivity contribution in [1.82, 2.24) is 4.90 Å². The van der Waals surface area contributed by atoms with Crippen LogP contribution in [0.4, 0.5) is 0 Å². The second kappa shape index (κ2) is 6.07. The predicted octanol–water partition coefficient (Wildman–Crippen LogP) is 3.51. The summed E-state index contributed by atoms with van der Waals surface area (Å²) < 4.78 is -0.332. The lowest BCUT2D eigenvalue weighted by Gasteiger charge is -2.36. The number of halogens is 1. The third-order valence-electron chi connectivity index (χ3n) is 3.74. The van der Waals surface area contributed by atoms with E-state index in [9.17, 15) is 10.1 Å². The van der Waals surface area contributed by atoms with E-state index < -0.39 is 0 Å². The van der Waals surface area contributed by atoms with Crippen molar-refractivity contribution in [1.29, 1.82) is 5.26 Å². The van der Waals surface area contributed by atoms with Crippen LogP contribution in [0.15, 0.2) is 18.2 Å². The van der Waals surface area contributed by atoms with Gasteiger partial charge in [-0.1, -0.05) is 11.6 Å². The quantitative estimate of drug-likeness (QED) is 0.840. The molecular weight excluding hydrogens is 292 g/mol. The van der Waals surface area contributed by atoms with Gasteiger partial charge >= 0.3 is 0 Å². The highest BCUT2D eigenvalue weighted by molar-refractivity contribution is 8.00. The molecule has 0 unspecified atom stereocenters. The first-order valence-corrected chi connectivity index (χ1v) is 8.13. The molecule has 0 aromatic heterocycles. The zero-order valence-electron chi connectivity index (χ0n) is 11.6. The third kappa shape index (κ3) is 3.11. The fourth-order valence-corrected chi connectivity index (χ4v) is 3.45. The van der Waals surface area contributed by atoms with E-state index in [4.69, 9.17) is 11.6 Å². The first kappa shape index (κ1) is 15.2. The summed E-state index contributed by atoms with van der Waals surface area (Å²) in [5.74, 6) is 0.00300. The summed E-state index contributed by atoms with van der Waals surface area (Å²) >= 11 is 7.59. The zero-order valence-corrected chi connectivity index (χ0v) is 13.2. The molecule has 0 N–H and O–H groups in total. The molecule has 5 heteroatoms. The van der Waals surface area contributed by atoms with E-state index in [0.717, 1.165) is 18.4 Å². The summed E-state index contributed by atoms with van der Waals surface area (Å²) in [4.78, 5) is 14.3. The molecule has 0 aliphatic carbocycles. The van der Waals surface area contributed by atoms with Gasteiger partial charge in [0.1, 0.15) is 4.75 Å². The molecular formula is C15H17ClN2OS. The fourth-order valence-electron chi connectivity index (χ4n) is 2.47. The maximum Gasteiger partial charge on any atom is 0.253 e. The summed E-state index contributed by atoms with van der Waals surface area (Å²) in [5.41, 5.74) is 1.61. The number of benzene rings is 1. The summed E-state index contributed by atoms with van der Waals surface area (Å²) in [7, 11) is 0. The second-order valence-corrected chi connectivity index (χ2v) is 6.75. The number of piperidine rings is 1. The standard InChI is InChI=1S/C15H17ClN2OS/c1-11-7-12(9-13(16)8-11)14(19)18-5-3-15(10-17,20-2)4-6-18/h7-9H,3-6H2,1-2H3. The summed E-state index contributed by atoms with van der Waals surface area (Å²) in [5, 5.41) is 9.85. The average molecular weight is 309 g/mol. The molecule has 106 valence electrons. The molecule has 0 atom stereocenters. The van der Waals surface area contributed by atoms with Crippen molar-refractivity contribution in [3.8, 4) is 6.07 Å². The van der Waals surface area contributed by atoms with E-state index >= 15 is 0 Å². The van der Waals surface area contributed by atoms with E-state index in [2.05, 4.69) is 6.07 Å². The number of thioether (sulfide) groups is 1. The topological polar surface area (TPSA) is 44.1 Å². The summed E-state index contributed by atoms with van der Waals surface area (Å²) in [6, 6.07) is 7.79. The Hall–Kier alpha value is -1.18. The molecule has 20 heavy (non-hydrogen) atoms. The normalized spacial score (nSPS) is 17.6. The minimum Gasteiger partial charge on any atom is -0.338 e. The minimum absolute atomic E-state index is 0.00300. The largest absolute Gasteiger partial charge is 0.338 e. The number of likely N-dealkylation sites (tertiary alicyclic amines) is 1. The van der Waals surface area contributed by atoms with Gasteiger partial charge in [0.2, 0.25) is 0 Å². The van der Waals surface area contributed by atoms with Crippen LogP contribution in [-0.4, -0.2) is 34.9 Å². The van der Waals surface area contributed by atoms with E-state index in [0.29, 0.717) is 23.7 Å². The molecule has 3 nitrogen and oxygen atoms in total. The van der Waals surface area contributed by atoms with Crippen molar-refractivity contribution in [2.75, 3.05) is 19.3 Å². The van der Waals surface area contributed by atoms with Crippen LogP contribution < -0.4 is 0 Å². The van der Waals surface area contributed by atoms with E-state index in [1.165, 1.54) is 0 Å². The van der Waals surface area contributed by atoms with Gasteiger partial charge in [0.15, 0.2) is 0 Å². The van der Waals surface area contributed by atoms with Gasteiger partial charge < -0.3 is 4.90 Å². The van der Waals surface area contributed by atoms with Crippen molar-refractivity contribution >= 4 is 29.3 Å². The molecule has 1 aromatic carbocycles. The molecule has 1 heterocycles. The van der Waals surface area contributed by atoms with Crippen LogP contribution in [0.2, 0.25) is 5.02 Å². The molecule has 0 spiro atoms. The Bertz CT molecular complexity index is 539. The number of amides is 1. The maximum atomic E-state index is 12.5. The van der Waals surface area contributed by atoms with Crippen molar-refractivity contribution in [3.63, 3.8) is 0 Å². The van der Waals surface area contributed by atoms with Gasteiger partial charge in [0.05, 0.1) is 6.07 Å². The van der Waals surface area contributed by atoms with Crippen LogP contribution in [0.1, 0.15) is 28.8 Å². The fraction of sp³-hybridized carbons (Fsp3) is 0.467. The summed E-state index contributed by atoms with van der Waals surface area (Å²) in [6.07, 6.45) is 3.40. The highest BCUT2D eigenvalue weighted by atomic mass is 35.5. The van der Waals surface area contributed by atoms with Crippen LogP contribution in [0.3, 0.4) is 0 Å². The van der Waals surface area contributed by atoms with Crippen LogP contribution in [0, 0.1) is 18.3 Å². The molecule has 1 amide bonds. The molecule has 0 bridgehead atoms. The number of nitriles is 1. The van der Waals surface area contributed by atoms with E-state index in [-0.39, 0.29) is 10.7 Å². The maximum absolute atomic E-state index is 12.5. The number of aryl methyl sites for hydroxylation is 1. The Labute approximate surface area is 128 Å². The van der Waals surface area contributed by atoms with Gasteiger partial charge in [0.25, 0.3) is 5.91 Å². The molecule has 1 fully saturated rings. The van der Waals surface area contributed by atoms with Crippen LogP contribution >= 0.6 is 23.4 Å². The Morgan fingerprint density at radius 3 is 2.55 bits per heavy atom. The summed E-state index contributed by atoms with van der Waals surface area (Å²) in [6.45, 7) is 3.17. The predicted molar refractivity (Wildman–Crippen MR) is 83.2 cm³/mol. The number of nitrogens with zero attached hydrogens (tertiary/aromatic N) is 2. The van der Waals surface area contributed by atoms with Crippen molar-refractivity contribution in [2.24, 2.45) is 0 Å². The Kier molecular flexibility index (Phi) is 4.62. The number of rotatable bonds is 2. The first-order valence-electron chi connectivity index (χ1n) is 6.52. The molecule has 1 aromatic rings. The van der Waals surface area contributed by atoms with Crippen LogP contribution in [0.25, 0.3) is 0 Å². The minimum atomic E-state index is -0.332. The SMILES string of the molecule is CSC1(C#N)CCN(C(=O)c2cc(C)cc(Cl)c2)CC1. The second-order valence-electron chi connectivity index (χ2n) is 5.12. The third-order valence-corrected chi connectivity index (χ3v) is 5.24. The first-order chi connectivity index (χ1) is 9.49. The van der Waals surface area contributed by atoms with Gasteiger partial charge in [0, 0.05) is 23.7 Å². The highest BCUT2D eigenvalue weighted by Crippen LogP contribution is 2.34. The lowest BCUT2D eigenvalue weighted by molar-refractivity contribution is 0.0716. The number of hydrogen-bond donors (Lipinski definition) is 0. The van der Waals surface area contributed by atoms with Crippen molar-refractivity contribution in [2.45, 2.75) is 24.5 Å². The zero-order chi connectivity index (χ0) is 14.8. The van der Waals surface area contributed by atoms with Gasteiger partial charge in [-0.3, -0.25) is 4.79 Å². The number of carbonyl (C=O) groups is 1. The van der Waals surface area contributed by atoms with E-state index in [1.807, 2.05) is 30.2 Å². The number of hydrogen-bond acceptors (Lipinski definition) is 3. The number of carbonyl (C=O) groups excluding carboxylic acids is 1. The Balaban J connectivity index is 2.11.